The summed E-state index contributed by atoms with van der Waals surface area (Å²) >= 11 is 0. The number of alkyl halides is 2. The quantitative estimate of drug-likeness (QED) is 0.585. The van der Waals surface area contributed by atoms with Crippen molar-refractivity contribution in [2.24, 2.45) is 5.92 Å². The molecular weight excluding hydrogens is 168 g/mol. The third kappa shape index (κ3) is 0.998. The zero-order chi connectivity index (χ0) is 8.72. The Balaban J connectivity index is 2.14. The molecule has 2 rings (SSSR count). The highest BCUT2D eigenvalue weighted by Crippen LogP contribution is 2.33. The first-order valence-electron chi connectivity index (χ1n) is 3.94. The predicted octanol–water partition coefficient (Wildman–Crippen LogP) is 0.503. The van der Waals surface area contributed by atoms with Crippen LogP contribution in [0.2, 0.25) is 0 Å². The number of carbonyl (C=O) groups is 1. The van der Waals surface area contributed by atoms with Gasteiger partial charge in [0.05, 0.1) is 5.92 Å². The molecule has 12 heavy (non-hydrogen) atoms. The number of hydrogen-bond donors (Lipinski definition) is 1. The van der Waals surface area contributed by atoms with Crippen LogP contribution < -0.4 is 5.48 Å². The van der Waals surface area contributed by atoms with E-state index in [0.717, 1.165) is 0 Å². The van der Waals surface area contributed by atoms with Crippen molar-refractivity contribution >= 4 is 5.91 Å². The van der Waals surface area contributed by atoms with Gasteiger partial charge in [-0.25, -0.2) is 14.3 Å². The highest BCUT2D eigenvalue weighted by Gasteiger charge is 2.48. The van der Waals surface area contributed by atoms with E-state index in [1.54, 1.807) is 0 Å². The molecule has 0 aromatic carbocycles. The first-order chi connectivity index (χ1) is 5.70. The molecule has 1 saturated carbocycles. The fraction of sp³-hybridized carbons (Fsp3) is 0.857. The highest BCUT2D eigenvalue weighted by molar-refractivity contribution is 5.80. The van der Waals surface area contributed by atoms with Gasteiger partial charge in [-0.3, -0.25) is 9.63 Å². The Kier molecular flexibility index (Phi) is 1.75. The fourth-order valence-corrected chi connectivity index (χ4v) is 1.72. The van der Waals surface area contributed by atoms with Crippen LogP contribution in [0.3, 0.4) is 0 Å². The van der Waals surface area contributed by atoms with Gasteiger partial charge < -0.3 is 0 Å². The maximum atomic E-state index is 13.0. The van der Waals surface area contributed by atoms with Gasteiger partial charge in [0.15, 0.2) is 6.17 Å². The molecule has 0 bridgehead atoms. The molecular formula is C7H9F2NO2. The van der Waals surface area contributed by atoms with E-state index in [1.807, 2.05) is 0 Å². The topological polar surface area (TPSA) is 38.3 Å². The molecule has 1 aliphatic carbocycles. The molecule has 3 nitrogen and oxygen atoms in total. The van der Waals surface area contributed by atoms with E-state index in [-0.39, 0.29) is 12.3 Å². The van der Waals surface area contributed by atoms with Crippen molar-refractivity contribution in [3.63, 3.8) is 0 Å². The predicted molar refractivity (Wildman–Crippen MR) is 35.5 cm³/mol. The molecule has 2 fully saturated rings. The average Bonchev–Trinajstić information content (AvgIpc) is 2.41. The SMILES string of the molecule is O=C1NOC2C1CCC(F)C2F. The van der Waals surface area contributed by atoms with E-state index in [1.165, 1.54) is 0 Å². The van der Waals surface area contributed by atoms with Gasteiger partial charge in [-0.05, 0) is 12.8 Å². The molecule has 2 aliphatic rings. The maximum absolute atomic E-state index is 13.0. The second-order valence-electron chi connectivity index (χ2n) is 3.19. The van der Waals surface area contributed by atoms with Crippen LogP contribution in [-0.4, -0.2) is 24.4 Å². The Morgan fingerprint density at radius 3 is 2.92 bits per heavy atom. The van der Waals surface area contributed by atoms with Crippen LogP contribution in [0.25, 0.3) is 0 Å². The summed E-state index contributed by atoms with van der Waals surface area (Å²) in [5.74, 6) is -0.818. The van der Waals surface area contributed by atoms with Crippen molar-refractivity contribution in [1.29, 1.82) is 0 Å². The number of rotatable bonds is 0. The molecule has 68 valence electrons. The molecule has 0 aromatic heterocycles. The van der Waals surface area contributed by atoms with Crippen molar-refractivity contribution in [2.75, 3.05) is 0 Å². The average molecular weight is 177 g/mol. The zero-order valence-corrected chi connectivity index (χ0v) is 6.30. The lowest BCUT2D eigenvalue weighted by atomic mass is 9.84. The summed E-state index contributed by atoms with van der Waals surface area (Å²) in [5.41, 5.74) is 2.07. The largest absolute Gasteiger partial charge is 0.272 e. The normalized spacial score (nSPS) is 47.0. The zero-order valence-electron chi connectivity index (χ0n) is 6.30. The van der Waals surface area contributed by atoms with E-state index >= 15 is 0 Å². The molecule has 4 unspecified atom stereocenters. The molecule has 5 heteroatoms. The Labute approximate surface area is 68.0 Å². The minimum Gasteiger partial charge on any atom is -0.272 e. The van der Waals surface area contributed by atoms with E-state index in [2.05, 4.69) is 10.3 Å². The van der Waals surface area contributed by atoms with Crippen LogP contribution >= 0.6 is 0 Å². The van der Waals surface area contributed by atoms with Gasteiger partial charge in [0.25, 0.3) is 0 Å². The first-order valence-corrected chi connectivity index (χ1v) is 3.94. The number of nitrogens with one attached hydrogen (secondary N) is 1. The molecule has 0 radical (unpaired) electrons. The van der Waals surface area contributed by atoms with Crippen LogP contribution in [-0.2, 0) is 9.63 Å². The van der Waals surface area contributed by atoms with E-state index in [9.17, 15) is 13.6 Å². The Morgan fingerprint density at radius 2 is 2.17 bits per heavy atom. The summed E-state index contributed by atoms with van der Waals surface area (Å²) in [6.07, 6.45) is -3.58. The Hall–Kier alpha value is -0.710. The summed E-state index contributed by atoms with van der Waals surface area (Å²) in [7, 11) is 0. The minimum absolute atomic E-state index is 0.110. The van der Waals surface area contributed by atoms with Crippen LogP contribution in [0.15, 0.2) is 0 Å². The third-order valence-corrected chi connectivity index (χ3v) is 2.44. The van der Waals surface area contributed by atoms with Crippen molar-refractivity contribution in [2.45, 2.75) is 31.3 Å². The third-order valence-electron chi connectivity index (χ3n) is 2.44. The molecule has 1 saturated heterocycles. The highest BCUT2D eigenvalue weighted by atomic mass is 19.2. The monoisotopic (exact) mass is 177 g/mol. The lowest BCUT2D eigenvalue weighted by molar-refractivity contribution is -0.126. The van der Waals surface area contributed by atoms with Gasteiger partial charge in [0.2, 0.25) is 5.91 Å². The van der Waals surface area contributed by atoms with Gasteiger partial charge >= 0.3 is 0 Å². The molecule has 0 spiro atoms. The number of amides is 1. The van der Waals surface area contributed by atoms with E-state index < -0.39 is 24.4 Å². The van der Waals surface area contributed by atoms with Crippen molar-refractivity contribution < 1.29 is 18.4 Å². The summed E-state index contributed by atoms with van der Waals surface area (Å²) < 4.78 is 25.8. The number of hydroxylamine groups is 1. The second kappa shape index (κ2) is 2.65. The molecule has 4 atom stereocenters. The molecule has 1 amide bonds. The Bertz CT molecular complexity index is 212. The maximum Gasteiger partial charge on any atom is 0.249 e. The van der Waals surface area contributed by atoms with Gasteiger partial charge in [0, 0.05) is 0 Å². The smallest absolute Gasteiger partial charge is 0.249 e. The van der Waals surface area contributed by atoms with Crippen LogP contribution in [0, 0.1) is 5.92 Å². The van der Waals surface area contributed by atoms with E-state index in [4.69, 9.17) is 0 Å². The number of fused-ring (bicyclic) bond motifs is 1. The van der Waals surface area contributed by atoms with E-state index in [0.29, 0.717) is 6.42 Å². The molecule has 1 heterocycles. The number of halogens is 2. The van der Waals surface area contributed by atoms with Crippen molar-refractivity contribution in [1.82, 2.24) is 5.48 Å². The minimum atomic E-state index is -1.66. The van der Waals surface area contributed by atoms with Crippen molar-refractivity contribution in [3.8, 4) is 0 Å². The van der Waals surface area contributed by atoms with Gasteiger partial charge in [-0.15, -0.1) is 0 Å². The Morgan fingerprint density at radius 1 is 1.42 bits per heavy atom. The van der Waals surface area contributed by atoms with Gasteiger partial charge in [-0.1, -0.05) is 0 Å². The van der Waals surface area contributed by atoms with Gasteiger partial charge in [0.1, 0.15) is 12.3 Å². The van der Waals surface area contributed by atoms with Crippen LogP contribution in [0.4, 0.5) is 8.78 Å². The van der Waals surface area contributed by atoms with Crippen LogP contribution in [0.5, 0.6) is 0 Å². The fourth-order valence-electron chi connectivity index (χ4n) is 1.72. The lowest BCUT2D eigenvalue weighted by Crippen LogP contribution is -2.41. The molecule has 1 aliphatic heterocycles. The first kappa shape index (κ1) is 7.91. The molecule has 1 N–H and O–H groups in total. The standard InChI is InChI=1S/C7H9F2NO2/c8-4-2-1-3-6(5(4)9)12-10-7(3)11/h3-6H,1-2H2,(H,10,11). The number of hydrogen-bond acceptors (Lipinski definition) is 2. The van der Waals surface area contributed by atoms with Crippen molar-refractivity contribution in [3.05, 3.63) is 0 Å². The lowest BCUT2D eigenvalue weighted by Gasteiger charge is -2.27. The summed E-state index contributed by atoms with van der Waals surface area (Å²) in [6.45, 7) is 0. The molecule has 0 aromatic rings. The number of carbonyl (C=O) groups excluding carboxylic acids is 1. The summed E-state index contributed by atoms with van der Waals surface area (Å²) in [6, 6.07) is 0. The summed E-state index contributed by atoms with van der Waals surface area (Å²) in [5, 5.41) is 0. The van der Waals surface area contributed by atoms with Crippen LogP contribution in [0.1, 0.15) is 12.8 Å². The summed E-state index contributed by atoms with van der Waals surface area (Å²) in [4.78, 5) is 15.6. The van der Waals surface area contributed by atoms with Gasteiger partial charge in [-0.2, -0.15) is 0 Å². The second-order valence-corrected chi connectivity index (χ2v) is 3.19.